The van der Waals surface area contributed by atoms with Crippen molar-refractivity contribution in [2.45, 2.75) is 118 Å². The van der Waals surface area contributed by atoms with Crippen LogP contribution in [0.25, 0.3) is 0 Å². The number of ketones is 2. The summed E-state index contributed by atoms with van der Waals surface area (Å²) in [5, 5.41) is 44.9. The molecule has 4 aliphatic carbocycles. The quantitative estimate of drug-likeness (QED) is 0.228. The number of allylic oxidation sites excluding steroid dienone is 1. The molecule has 40 heavy (non-hydrogen) atoms. The maximum absolute atomic E-state index is 14.3. The highest BCUT2D eigenvalue weighted by atomic mass is 16.6. The van der Waals surface area contributed by atoms with E-state index < -0.39 is 68.8 Å². The second-order valence-corrected chi connectivity index (χ2v) is 15.0. The fraction of sp³-hybridized carbons (Fsp3) is 0.781. The number of hydrogen-bond acceptors (Lipinski definition) is 8. The SMILES string of the molecule is CC(=O)OC(C)(C)/C=C/C(=O)[C@@](C)(O)[C@H]1[C@H](O)C[C@@]2(C)[C@@H]3CC=C4[C@@H](C[C@@H](O)[C@@H](O)C4(C)C)[C@]3(C)C(=O)C[C@]12C. The van der Waals surface area contributed by atoms with E-state index in [4.69, 9.17) is 4.74 Å². The van der Waals surface area contributed by atoms with Crippen molar-refractivity contribution in [1.29, 1.82) is 0 Å². The van der Waals surface area contributed by atoms with Crippen molar-refractivity contribution in [2.75, 3.05) is 0 Å². The maximum atomic E-state index is 14.3. The molecule has 4 rings (SSSR count). The fourth-order valence-electron chi connectivity index (χ4n) is 9.55. The van der Waals surface area contributed by atoms with E-state index in [0.717, 1.165) is 5.57 Å². The zero-order valence-corrected chi connectivity index (χ0v) is 25.4. The first-order valence-corrected chi connectivity index (χ1v) is 14.5. The third-order valence-electron chi connectivity index (χ3n) is 11.8. The lowest BCUT2D eigenvalue weighted by Gasteiger charge is -2.65. The van der Waals surface area contributed by atoms with Gasteiger partial charge in [0.15, 0.2) is 5.78 Å². The molecule has 0 aromatic heterocycles. The van der Waals surface area contributed by atoms with Gasteiger partial charge in [-0.2, -0.15) is 0 Å². The third-order valence-corrected chi connectivity index (χ3v) is 11.8. The van der Waals surface area contributed by atoms with Gasteiger partial charge in [-0.15, -0.1) is 0 Å². The predicted octanol–water partition coefficient (Wildman–Crippen LogP) is 3.29. The number of aliphatic hydroxyl groups is 4. The van der Waals surface area contributed by atoms with Crippen molar-refractivity contribution >= 4 is 17.5 Å². The molecule has 4 N–H and O–H groups in total. The van der Waals surface area contributed by atoms with E-state index in [0.29, 0.717) is 12.8 Å². The Morgan fingerprint density at radius 2 is 1.62 bits per heavy atom. The van der Waals surface area contributed by atoms with Crippen LogP contribution >= 0.6 is 0 Å². The highest BCUT2D eigenvalue weighted by Gasteiger charge is 2.74. The Morgan fingerprint density at radius 1 is 1.02 bits per heavy atom. The highest BCUT2D eigenvalue weighted by Crippen LogP contribution is 2.74. The Labute approximate surface area is 237 Å². The van der Waals surface area contributed by atoms with Gasteiger partial charge in [0.25, 0.3) is 0 Å². The van der Waals surface area contributed by atoms with Crippen molar-refractivity contribution in [3.8, 4) is 0 Å². The number of aliphatic hydroxyl groups excluding tert-OH is 3. The number of fused-ring (bicyclic) bond motifs is 5. The van der Waals surface area contributed by atoms with Crippen LogP contribution in [0.1, 0.15) is 88.0 Å². The molecule has 8 nitrogen and oxygen atoms in total. The van der Waals surface area contributed by atoms with Gasteiger partial charge >= 0.3 is 5.97 Å². The molecule has 3 fully saturated rings. The van der Waals surface area contributed by atoms with Crippen LogP contribution in [0.3, 0.4) is 0 Å². The molecular formula is C32H48O8. The average molecular weight is 561 g/mol. The molecule has 0 aromatic rings. The van der Waals surface area contributed by atoms with Crippen LogP contribution in [0.4, 0.5) is 0 Å². The van der Waals surface area contributed by atoms with Crippen LogP contribution in [-0.2, 0) is 19.1 Å². The van der Waals surface area contributed by atoms with Crippen molar-refractivity contribution in [3.63, 3.8) is 0 Å². The lowest BCUT2D eigenvalue weighted by molar-refractivity contribution is -0.186. The van der Waals surface area contributed by atoms with Crippen molar-refractivity contribution in [3.05, 3.63) is 23.8 Å². The molecule has 0 heterocycles. The lowest BCUT2D eigenvalue weighted by atomic mass is 9.38. The van der Waals surface area contributed by atoms with Gasteiger partial charge in [-0.05, 0) is 74.9 Å². The number of Topliss-reactive ketones (excluding diaryl/α,β-unsaturated/α-hetero) is 1. The minimum absolute atomic E-state index is 0.00125. The third kappa shape index (κ3) is 4.19. The van der Waals surface area contributed by atoms with E-state index in [1.807, 2.05) is 27.7 Å². The molecule has 0 radical (unpaired) electrons. The van der Waals surface area contributed by atoms with E-state index in [-0.39, 0.29) is 30.5 Å². The summed E-state index contributed by atoms with van der Waals surface area (Å²) >= 11 is 0. The first kappa shape index (κ1) is 31.1. The van der Waals surface area contributed by atoms with Crippen LogP contribution in [0.15, 0.2) is 23.8 Å². The zero-order chi connectivity index (χ0) is 30.4. The Hall–Kier alpha value is -1.87. The number of carbonyl (C=O) groups excluding carboxylic acids is 3. The summed E-state index contributed by atoms with van der Waals surface area (Å²) in [4.78, 5) is 39.2. The monoisotopic (exact) mass is 560 g/mol. The molecule has 0 aromatic carbocycles. The molecule has 0 spiro atoms. The van der Waals surface area contributed by atoms with Gasteiger partial charge in [0.2, 0.25) is 0 Å². The second kappa shape index (κ2) is 9.32. The molecular weight excluding hydrogens is 512 g/mol. The molecule has 3 saturated carbocycles. The zero-order valence-electron chi connectivity index (χ0n) is 25.4. The minimum atomic E-state index is -1.98. The van der Waals surface area contributed by atoms with Crippen molar-refractivity contribution < 1.29 is 39.5 Å². The summed E-state index contributed by atoms with van der Waals surface area (Å²) in [6.45, 7) is 15.7. The average Bonchev–Trinajstić information content (AvgIpc) is 3.01. The molecule has 8 heteroatoms. The lowest BCUT2D eigenvalue weighted by Crippen LogP contribution is -2.65. The molecule has 224 valence electrons. The number of rotatable bonds is 5. The van der Waals surface area contributed by atoms with E-state index in [1.54, 1.807) is 13.8 Å². The van der Waals surface area contributed by atoms with Gasteiger partial charge in [0.1, 0.15) is 17.0 Å². The molecule has 0 saturated heterocycles. The normalized spacial score (nSPS) is 44.2. The van der Waals surface area contributed by atoms with Crippen LogP contribution in [0.2, 0.25) is 0 Å². The first-order chi connectivity index (χ1) is 18.1. The summed E-state index contributed by atoms with van der Waals surface area (Å²) in [6, 6.07) is 0. The van der Waals surface area contributed by atoms with Gasteiger partial charge < -0.3 is 25.2 Å². The standard InChI is InChI=1S/C32H48O8/c1-17(33)40-27(2,3)13-12-23(36)32(9,39)25-21(35)15-29(6)22-11-10-18-19(14-20(34)26(38)28(18,4)5)31(22,8)24(37)16-30(25,29)7/h10,12-13,19-22,25-26,34-35,38-39H,11,14-16H2,1-9H3/b13-12+/t19-,20-,21-,22+,25+,26-,29+,30-,31+,32-/m1/s1. The van der Waals surface area contributed by atoms with Crippen LogP contribution in [-0.4, -0.2) is 67.5 Å². The van der Waals surface area contributed by atoms with Gasteiger partial charge in [-0.1, -0.05) is 46.3 Å². The van der Waals surface area contributed by atoms with E-state index in [2.05, 4.69) is 13.0 Å². The smallest absolute Gasteiger partial charge is 0.303 e. The molecule has 0 bridgehead atoms. The largest absolute Gasteiger partial charge is 0.456 e. The van der Waals surface area contributed by atoms with E-state index in [1.165, 1.54) is 26.0 Å². The van der Waals surface area contributed by atoms with Gasteiger partial charge in [-0.25, -0.2) is 0 Å². The first-order valence-electron chi connectivity index (χ1n) is 14.5. The van der Waals surface area contributed by atoms with Crippen LogP contribution in [0, 0.1) is 39.4 Å². The van der Waals surface area contributed by atoms with Crippen LogP contribution in [0.5, 0.6) is 0 Å². The predicted molar refractivity (Wildman–Crippen MR) is 149 cm³/mol. The number of esters is 1. The second-order valence-electron chi connectivity index (χ2n) is 15.0. The van der Waals surface area contributed by atoms with Gasteiger partial charge in [-0.3, -0.25) is 14.4 Å². The molecule has 0 unspecified atom stereocenters. The summed E-state index contributed by atoms with van der Waals surface area (Å²) < 4.78 is 5.23. The molecule has 10 atom stereocenters. The van der Waals surface area contributed by atoms with E-state index in [9.17, 15) is 34.8 Å². The Morgan fingerprint density at radius 3 is 2.20 bits per heavy atom. The molecule has 4 aliphatic rings. The van der Waals surface area contributed by atoms with Gasteiger partial charge in [0.05, 0.1) is 18.3 Å². The number of carbonyl (C=O) groups is 3. The topological polar surface area (TPSA) is 141 Å². The maximum Gasteiger partial charge on any atom is 0.303 e. The Kier molecular flexibility index (Phi) is 7.24. The summed E-state index contributed by atoms with van der Waals surface area (Å²) in [7, 11) is 0. The summed E-state index contributed by atoms with van der Waals surface area (Å²) in [5.41, 5.74) is -5.04. The molecule has 0 amide bonds. The minimum Gasteiger partial charge on any atom is -0.456 e. The number of ether oxygens (including phenoxy) is 1. The van der Waals surface area contributed by atoms with Gasteiger partial charge in [0, 0.05) is 30.1 Å². The number of hydrogen-bond donors (Lipinski definition) is 4. The fourth-order valence-corrected chi connectivity index (χ4v) is 9.55. The Balaban J connectivity index is 1.74. The molecule has 0 aliphatic heterocycles. The summed E-state index contributed by atoms with van der Waals surface area (Å²) in [5.74, 6) is -2.48. The van der Waals surface area contributed by atoms with Crippen molar-refractivity contribution in [2.24, 2.45) is 39.4 Å². The van der Waals surface area contributed by atoms with Crippen molar-refractivity contribution in [1.82, 2.24) is 0 Å². The highest BCUT2D eigenvalue weighted by molar-refractivity contribution is 5.97. The Bertz CT molecular complexity index is 1160. The summed E-state index contributed by atoms with van der Waals surface area (Å²) in [6.07, 6.45) is 3.10. The van der Waals surface area contributed by atoms with E-state index >= 15 is 0 Å². The van der Waals surface area contributed by atoms with Crippen LogP contribution < -0.4 is 0 Å².